The number of anilines is 1. The van der Waals surface area contributed by atoms with Crippen molar-refractivity contribution < 1.29 is 15.7 Å². The maximum atomic E-state index is 12.5. The van der Waals surface area contributed by atoms with Gasteiger partial charge in [0.05, 0.1) is 10.9 Å². The molecule has 0 saturated heterocycles. The molecule has 0 spiro atoms. The average Bonchev–Trinajstić information content (AvgIpc) is 2.54. The second kappa shape index (κ2) is 6.20. The van der Waals surface area contributed by atoms with E-state index < -0.39 is 11.5 Å². The maximum Gasteiger partial charge on any atom is 0.343 e. The van der Waals surface area contributed by atoms with Crippen LogP contribution in [0.3, 0.4) is 0 Å². The number of ketones is 1. The van der Waals surface area contributed by atoms with Gasteiger partial charge in [-0.1, -0.05) is 24.3 Å². The van der Waals surface area contributed by atoms with Gasteiger partial charge in [-0.3, -0.25) is 4.79 Å². The molecule has 0 bridgehead atoms. The number of hydrogen-bond acceptors (Lipinski definition) is 5. The zero-order valence-corrected chi connectivity index (χ0v) is 13.1. The first-order chi connectivity index (χ1) is 11.8. The van der Waals surface area contributed by atoms with Crippen molar-refractivity contribution in [3.63, 3.8) is 0 Å². The van der Waals surface area contributed by atoms with E-state index in [1.807, 2.05) is 0 Å². The molecule has 0 amide bonds. The first-order valence-electron chi connectivity index (χ1n) is 7.93. The summed E-state index contributed by atoms with van der Waals surface area (Å²) in [6.07, 6.45) is -0.284. The minimum atomic E-state index is -1.78. The predicted molar refractivity (Wildman–Crippen MR) is 92.1 cm³/mol. The number of carbonyl (C=O) groups excluding carboxylic acids is 1. The number of Topliss-reactive ketones (excluding diaryl/α,β-unsaturated/α-hetero) is 1. The van der Waals surface area contributed by atoms with E-state index in [1.54, 1.807) is 48.5 Å². The summed E-state index contributed by atoms with van der Waals surface area (Å²) in [7, 11) is 0. The van der Waals surface area contributed by atoms with Crippen molar-refractivity contribution in [1.29, 1.82) is 0 Å². The zero-order valence-electron chi connectivity index (χ0n) is 14.1. The molecule has 0 fully saturated rings. The fourth-order valence-electron chi connectivity index (χ4n) is 2.67. The van der Waals surface area contributed by atoms with Gasteiger partial charge in [0.2, 0.25) is 0 Å². The number of para-hydroxylation sites is 1. The van der Waals surface area contributed by atoms with Crippen molar-refractivity contribution in [2.45, 2.75) is 19.2 Å². The monoisotopic (exact) mass is 324 g/mol. The highest BCUT2D eigenvalue weighted by atomic mass is 16.4. The molecule has 24 heavy (non-hydrogen) atoms. The molecule has 0 saturated carbocycles. The maximum absolute atomic E-state index is 12.5. The van der Waals surface area contributed by atoms with Gasteiger partial charge in [-0.25, -0.2) is 4.79 Å². The molecule has 0 radical (unpaired) electrons. The topological polar surface area (TPSA) is 93.5 Å². The quantitative estimate of drug-likeness (QED) is 0.568. The standard InChI is InChI=1S/C19H17NO4/c1-11(21)10-15(12-6-8-13(20)9-7-12)17-18(22)14-4-2-3-5-16(14)24-19(17)23/h2-9,15,22H,10,20H2,1H3/i15D. The van der Waals surface area contributed by atoms with Crippen LogP contribution in [0.25, 0.3) is 11.0 Å². The molecule has 1 heterocycles. The summed E-state index contributed by atoms with van der Waals surface area (Å²) in [5.41, 5.74) is 5.66. The van der Waals surface area contributed by atoms with Crippen LogP contribution in [0, 0.1) is 0 Å². The normalized spacial score (nSPS) is 14.1. The Morgan fingerprint density at radius 3 is 2.58 bits per heavy atom. The number of fused-ring (bicyclic) bond motifs is 1. The molecular formula is C19H17NO4. The Morgan fingerprint density at radius 2 is 1.92 bits per heavy atom. The zero-order chi connectivity index (χ0) is 18.2. The van der Waals surface area contributed by atoms with E-state index in [9.17, 15) is 14.7 Å². The lowest BCUT2D eigenvalue weighted by Crippen LogP contribution is -2.16. The van der Waals surface area contributed by atoms with E-state index in [1.165, 1.54) is 6.92 Å². The molecule has 3 rings (SSSR count). The van der Waals surface area contributed by atoms with Gasteiger partial charge < -0.3 is 15.3 Å². The molecule has 1 atom stereocenters. The van der Waals surface area contributed by atoms with Crippen LogP contribution < -0.4 is 11.4 Å². The van der Waals surface area contributed by atoms with Gasteiger partial charge in [0.25, 0.3) is 0 Å². The van der Waals surface area contributed by atoms with Crippen molar-refractivity contribution in [2.75, 3.05) is 5.73 Å². The number of nitrogens with two attached hydrogens (primary N) is 1. The molecule has 1 unspecified atom stereocenters. The second-order valence-electron chi connectivity index (χ2n) is 5.59. The molecule has 2 aromatic carbocycles. The number of hydrogen-bond donors (Lipinski definition) is 2. The van der Waals surface area contributed by atoms with Gasteiger partial charge in [0, 0.05) is 19.4 Å². The van der Waals surface area contributed by atoms with E-state index >= 15 is 0 Å². The number of carbonyl (C=O) groups is 1. The van der Waals surface area contributed by atoms with E-state index in [0.29, 0.717) is 16.6 Å². The third-order valence-corrected chi connectivity index (χ3v) is 3.77. The second-order valence-corrected chi connectivity index (χ2v) is 5.59. The predicted octanol–water partition coefficient (Wildman–Crippen LogP) is 3.19. The summed E-state index contributed by atoms with van der Waals surface area (Å²) in [5, 5.41) is 11.0. The highest BCUT2D eigenvalue weighted by Crippen LogP contribution is 2.36. The van der Waals surface area contributed by atoms with Crippen LogP contribution >= 0.6 is 0 Å². The third kappa shape index (κ3) is 2.88. The Hall–Kier alpha value is -3.08. The van der Waals surface area contributed by atoms with Gasteiger partial charge >= 0.3 is 5.63 Å². The SMILES string of the molecule is [2H]C(CC(C)=O)(c1ccc(N)cc1)c1c(O)c2ccccc2oc1=O. The molecular weight excluding hydrogens is 306 g/mol. The summed E-state index contributed by atoms with van der Waals surface area (Å²) < 4.78 is 14.2. The number of benzene rings is 2. The Bertz CT molecular complexity index is 1010. The summed E-state index contributed by atoms with van der Waals surface area (Å²) in [6, 6.07) is 12.8. The van der Waals surface area contributed by atoms with Crippen molar-refractivity contribution in [3.8, 4) is 5.75 Å². The molecule has 0 aliphatic heterocycles. The van der Waals surface area contributed by atoms with Crippen molar-refractivity contribution in [3.05, 3.63) is 70.1 Å². The van der Waals surface area contributed by atoms with Gasteiger partial charge in [-0.2, -0.15) is 0 Å². The smallest absolute Gasteiger partial charge is 0.343 e. The molecule has 0 aliphatic carbocycles. The Labute approximate surface area is 139 Å². The van der Waals surface area contributed by atoms with Crippen LogP contribution in [-0.4, -0.2) is 10.9 Å². The molecule has 122 valence electrons. The Balaban J connectivity index is 2.34. The van der Waals surface area contributed by atoms with Gasteiger partial charge in [0.1, 0.15) is 17.1 Å². The van der Waals surface area contributed by atoms with Gasteiger partial charge in [-0.05, 0) is 36.8 Å². The van der Waals surface area contributed by atoms with Crippen LogP contribution in [0.4, 0.5) is 5.69 Å². The summed E-state index contributed by atoms with van der Waals surface area (Å²) in [4.78, 5) is 24.3. The van der Waals surface area contributed by atoms with Crippen LogP contribution in [0.1, 0.15) is 31.7 Å². The summed E-state index contributed by atoms with van der Waals surface area (Å²) in [5.74, 6) is -2.42. The van der Waals surface area contributed by atoms with E-state index in [0.717, 1.165) is 0 Å². The van der Waals surface area contributed by atoms with Crippen molar-refractivity contribution in [1.82, 2.24) is 0 Å². The van der Waals surface area contributed by atoms with Crippen LogP contribution in [0.5, 0.6) is 5.75 Å². The van der Waals surface area contributed by atoms with Crippen LogP contribution in [0.15, 0.2) is 57.7 Å². The first-order valence-corrected chi connectivity index (χ1v) is 7.43. The average molecular weight is 324 g/mol. The molecule has 0 aliphatic rings. The van der Waals surface area contributed by atoms with Crippen LogP contribution in [-0.2, 0) is 4.79 Å². The highest BCUT2D eigenvalue weighted by molar-refractivity contribution is 5.85. The number of aromatic hydroxyl groups is 1. The lowest BCUT2D eigenvalue weighted by molar-refractivity contribution is -0.117. The minimum absolute atomic E-state index is 0.219. The molecule has 5 heteroatoms. The molecule has 3 aromatic rings. The van der Waals surface area contributed by atoms with E-state index in [2.05, 4.69) is 0 Å². The van der Waals surface area contributed by atoms with E-state index in [4.69, 9.17) is 11.5 Å². The lowest BCUT2D eigenvalue weighted by Gasteiger charge is -2.17. The van der Waals surface area contributed by atoms with Gasteiger partial charge in [0.15, 0.2) is 0 Å². The Kier molecular flexibility index (Phi) is 3.75. The highest BCUT2D eigenvalue weighted by Gasteiger charge is 2.25. The molecule has 1 aromatic heterocycles. The largest absolute Gasteiger partial charge is 0.507 e. The van der Waals surface area contributed by atoms with E-state index in [-0.39, 0.29) is 29.1 Å². The lowest BCUT2D eigenvalue weighted by atomic mass is 9.87. The molecule has 3 N–H and O–H groups in total. The minimum Gasteiger partial charge on any atom is -0.507 e. The molecule has 5 nitrogen and oxygen atoms in total. The first kappa shape index (κ1) is 14.5. The van der Waals surface area contributed by atoms with Crippen molar-refractivity contribution >= 4 is 22.4 Å². The fourth-order valence-corrected chi connectivity index (χ4v) is 2.67. The fraction of sp³-hybridized carbons (Fsp3) is 0.158. The third-order valence-electron chi connectivity index (χ3n) is 3.77. The van der Waals surface area contributed by atoms with Gasteiger partial charge in [-0.15, -0.1) is 0 Å². The van der Waals surface area contributed by atoms with Crippen molar-refractivity contribution in [2.24, 2.45) is 0 Å². The number of rotatable bonds is 4. The summed E-state index contributed by atoms with van der Waals surface area (Å²) >= 11 is 0. The summed E-state index contributed by atoms with van der Waals surface area (Å²) in [6.45, 7) is 1.33. The number of nitrogen functional groups attached to an aromatic ring is 1. The van der Waals surface area contributed by atoms with Crippen LogP contribution in [0.2, 0.25) is 0 Å². The Morgan fingerprint density at radius 1 is 1.25 bits per heavy atom.